The predicted octanol–water partition coefficient (Wildman–Crippen LogP) is 4.39. The summed E-state index contributed by atoms with van der Waals surface area (Å²) in [6.07, 6.45) is 2.62. The topological polar surface area (TPSA) is 70.4 Å². The summed E-state index contributed by atoms with van der Waals surface area (Å²) in [5.74, 6) is -0.630. The number of ketones is 1. The maximum atomic E-state index is 13.6. The number of halogens is 1. The fourth-order valence-corrected chi connectivity index (χ4v) is 4.68. The van der Waals surface area contributed by atoms with Gasteiger partial charge in [-0.2, -0.15) is 5.26 Å². The second-order valence-electron chi connectivity index (χ2n) is 8.06. The number of amides is 1. The summed E-state index contributed by atoms with van der Waals surface area (Å²) in [4.78, 5) is 27.3. The number of ether oxygens (including phenoxy) is 1. The average Bonchev–Trinajstić information content (AvgIpc) is 3.02. The summed E-state index contributed by atoms with van der Waals surface area (Å²) in [6, 6.07) is 15.4. The number of nitrogens with zero attached hydrogens (tertiary/aromatic N) is 2. The first kappa shape index (κ1) is 20.1. The summed E-state index contributed by atoms with van der Waals surface area (Å²) in [5.41, 5.74) is 1.70. The number of fused-ring (bicyclic) bond motifs is 2. The van der Waals surface area contributed by atoms with Gasteiger partial charge in [0.1, 0.15) is 18.2 Å². The van der Waals surface area contributed by atoms with E-state index in [-0.39, 0.29) is 42.9 Å². The normalized spacial score (nSPS) is 22.4. The molecular formula is C24H23FN2O3. The predicted molar refractivity (Wildman–Crippen MR) is 108 cm³/mol. The van der Waals surface area contributed by atoms with Gasteiger partial charge in [0, 0.05) is 24.4 Å². The molecule has 5 nitrogen and oxygen atoms in total. The van der Waals surface area contributed by atoms with Crippen LogP contribution in [0.4, 0.5) is 9.18 Å². The van der Waals surface area contributed by atoms with Crippen LogP contribution in [0.2, 0.25) is 0 Å². The highest BCUT2D eigenvalue weighted by Gasteiger charge is 2.45. The van der Waals surface area contributed by atoms with Crippen LogP contribution in [0, 0.1) is 23.1 Å². The monoisotopic (exact) mass is 406 g/mol. The van der Waals surface area contributed by atoms with Gasteiger partial charge in [0.2, 0.25) is 0 Å². The van der Waals surface area contributed by atoms with Crippen molar-refractivity contribution in [1.82, 2.24) is 4.90 Å². The molecule has 2 aliphatic rings. The number of carbonyl (C=O) groups is 2. The van der Waals surface area contributed by atoms with E-state index in [4.69, 9.17) is 4.74 Å². The molecule has 2 atom stereocenters. The van der Waals surface area contributed by atoms with Crippen molar-refractivity contribution in [2.45, 2.75) is 50.8 Å². The fourth-order valence-electron chi connectivity index (χ4n) is 4.68. The van der Waals surface area contributed by atoms with Gasteiger partial charge in [-0.15, -0.1) is 0 Å². The zero-order chi connectivity index (χ0) is 21.1. The summed E-state index contributed by atoms with van der Waals surface area (Å²) >= 11 is 0. The Labute approximate surface area is 175 Å². The number of piperidine rings is 1. The van der Waals surface area contributed by atoms with Crippen molar-refractivity contribution in [1.29, 1.82) is 5.26 Å². The van der Waals surface area contributed by atoms with E-state index in [0.717, 1.165) is 18.4 Å². The average molecular weight is 406 g/mol. The lowest BCUT2D eigenvalue weighted by Crippen LogP contribution is -2.48. The minimum absolute atomic E-state index is 0.00584. The van der Waals surface area contributed by atoms with Crippen molar-refractivity contribution in [3.05, 3.63) is 71.0 Å². The molecule has 30 heavy (non-hydrogen) atoms. The number of nitriles is 1. The lowest BCUT2D eigenvalue weighted by atomic mass is 9.84. The summed E-state index contributed by atoms with van der Waals surface area (Å²) in [5, 5.41) is 9.21. The van der Waals surface area contributed by atoms with Gasteiger partial charge in [0.05, 0.1) is 11.6 Å². The molecule has 0 aromatic heterocycles. The smallest absolute Gasteiger partial charge is 0.410 e. The second kappa shape index (κ2) is 8.66. The molecule has 0 aliphatic carbocycles. The van der Waals surface area contributed by atoms with Crippen molar-refractivity contribution in [2.24, 2.45) is 5.92 Å². The van der Waals surface area contributed by atoms with Crippen LogP contribution in [-0.2, 0) is 22.6 Å². The molecule has 1 amide bonds. The highest BCUT2D eigenvalue weighted by atomic mass is 19.1. The van der Waals surface area contributed by atoms with Crippen LogP contribution in [0.25, 0.3) is 0 Å². The van der Waals surface area contributed by atoms with Gasteiger partial charge >= 0.3 is 6.09 Å². The maximum absolute atomic E-state index is 13.6. The molecular weight excluding hydrogens is 383 g/mol. The SMILES string of the molecule is N#Cc1ccc(F)cc1CC(=O)C1CC2CCC(C1)N2C(=O)OCc1ccccc1. The van der Waals surface area contributed by atoms with E-state index >= 15 is 0 Å². The molecule has 0 spiro atoms. The van der Waals surface area contributed by atoms with Crippen LogP contribution < -0.4 is 0 Å². The Kier molecular flexibility index (Phi) is 5.80. The first-order chi connectivity index (χ1) is 14.5. The molecule has 4 rings (SSSR count). The molecule has 2 bridgehead atoms. The minimum atomic E-state index is -0.451. The van der Waals surface area contributed by atoms with Crippen LogP contribution in [0.3, 0.4) is 0 Å². The van der Waals surface area contributed by atoms with E-state index in [1.165, 1.54) is 18.2 Å². The Hall–Kier alpha value is -3.20. The zero-order valence-corrected chi connectivity index (χ0v) is 16.6. The van der Waals surface area contributed by atoms with Gasteiger partial charge in [-0.25, -0.2) is 9.18 Å². The van der Waals surface area contributed by atoms with Crippen molar-refractivity contribution in [3.63, 3.8) is 0 Å². The van der Waals surface area contributed by atoms with Gasteiger partial charge in [-0.1, -0.05) is 30.3 Å². The van der Waals surface area contributed by atoms with Crippen LogP contribution >= 0.6 is 0 Å². The number of benzene rings is 2. The number of hydrogen-bond donors (Lipinski definition) is 0. The summed E-state index contributed by atoms with van der Waals surface area (Å²) in [6.45, 7) is 0.231. The molecule has 2 fully saturated rings. The molecule has 2 unspecified atom stereocenters. The Morgan fingerprint density at radius 2 is 1.80 bits per heavy atom. The Morgan fingerprint density at radius 1 is 1.10 bits per heavy atom. The Morgan fingerprint density at radius 3 is 2.47 bits per heavy atom. The second-order valence-corrected chi connectivity index (χ2v) is 8.06. The number of rotatable bonds is 5. The van der Waals surface area contributed by atoms with Crippen LogP contribution in [0.5, 0.6) is 0 Å². The van der Waals surface area contributed by atoms with Crippen molar-refractivity contribution < 1.29 is 18.7 Å². The molecule has 154 valence electrons. The van der Waals surface area contributed by atoms with E-state index < -0.39 is 5.82 Å². The van der Waals surface area contributed by atoms with Crippen molar-refractivity contribution in [3.8, 4) is 6.07 Å². The fraction of sp³-hybridized carbons (Fsp3) is 0.375. The van der Waals surface area contributed by atoms with Crippen LogP contribution in [0.1, 0.15) is 42.4 Å². The highest BCUT2D eigenvalue weighted by molar-refractivity contribution is 5.84. The first-order valence-electron chi connectivity index (χ1n) is 10.3. The molecule has 6 heteroatoms. The van der Waals surface area contributed by atoms with Crippen LogP contribution in [-0.4, -0.2) is 28.9 Å². The van der Waals surface area contributed by atoms with Gasteiger partial charge in [0.15, 0.2) is 0 Å². The molecule has 2 aliphatic heterocycles. The van der Waals surface area contributed by atoms with Gasteiger partial charge < -0.3 is 9.64 Å². The van der Waals surface area contributed by atoms with Gasteiger partial charge in [0.25, 0.3) is 0 Å². The van der Waals surface area contributed by atoms with E-state index in [1.807, 2.05) is 36.4 Å². The molecule has 0 N–H and O–H groups in total. The maximum Gasteiger partial charge on any atom is 0.410 e. The third-order valence-corrected chi connectivity index (χ3v) is 6.16. The standard InChI is InChI=1S/C24H23FN2O3/c25-20-7-6-17(14-26)18(10-20)13-23(28)19-11-21-8-9-22(12-19)27(21)24(29)30-15-16-4-2-1-3-5-16/h1-7,10,19,21-22H,8-9,11-13,15H2. The van der Waals surface area contributed by atoms with E-state index in [2.05, 4.69) is 0 Å². The molecule has 0 radical (unpaired) electrons. The first-order valence-corrected chi connectivity index (χ1v) is 10.3. The third kappa shape index (κ3) is 4.20. The van der Waals surface area contributed by atoms with Crippen LogP contribution in [0.15, 0.2) is 48.5 Å². The quantitative estimate of drug-likeness (QED) is 0.738. The minimum Gasteiger partial charge on any atom is -0.445 e. The Bertz CT molecular complexity index is 972. The number of hydrogen-bond acceptors (Lipinski definition) is 4. The molecule has 2 heterocycles. The zero-order valence-electron chi connectivity index (χ0n) is 16.6. The van der Waals surface area contributed by atoms with E-state index in [9.17, 15) is 19.2 Å². The summed E-state index contributed by atoms with van der Waals surface area (Å²) in [7, 11) is 0. The van der Waals surface area contributed by atoms with Crippen molar-refractivity contribution >= 4 is 11.9 Å². The molecule has 2 aromatic rings. The molecule has 0 saturated carbocycles. The molecule has 2 aromatic carbocycles. The Balaban J connectivity index is 1.38. The highest BCUT2D eigenvalue weighted by Crippen LogP contribution is 2.40. The lowest BCUT2D eigenvalue weighted by Gasteiger charge is -2.37. The number of carbonyl (C=O) groups excluding carboxylic acids is 2. The van der Waals surface area contributed by atoms with E-state index in [0.29, 0.717) is 24.0 Å². The lowest BCUT2D eigenvalue weighted by molar-refractivity contribution is -0.124. The largest absolute Gasteiger partial charge is 0.445 e. The van der Waals surface area contributed by atoms with Gasteiger partial charge in [-0.05, 0) is 55.0 Å². The van der Waals surface area contributed by atoms with E-state index in [1.54, 1.807) is 4.90 Å². The third-order valence-electron chi connectivity index (χ3n) is 6.16. The molecule has 2 saturated heterocycles. The number of Topliss-reactive ketones (excluding diaryl/α,β-unsaturated/α-hetero) is 1. The van der Waals surface area contributed by atoms with Gasteiger partial charge in [-0.3, -0.25) is 4.79 Å². The summed E-state index contributed by atoms with van der Waals surface area (Å²) < 4.78 is 19.1. The van der Waals surface area contributed by atoms with Crippen molar-refractivity contribution in [2.75, 3.05) is 0 Å².